The molecule has 0 bridgehead atoms. The lowest BCUT2D eigenvalue weighted by molar-refractivity contribution is 0.0177. The number of nitrogens with zero attached hydrogens (tertiary/aromatic N) is 2. The van der Waals surface area contributed by atoms with Crippen molar-refractivity contribution >= 4 is 41.3 Å². The van der Waals surface area contributed by atoms with Gasteiger partial charge in [0.15, 0.2) is 5.96 Å². The van der Waals surface area contributed by atoms with Crippen LogP contribution in [0.2, 0.25) is 0 Å². The van der Waals surface area contributed by atoms with E-state index in [1.807, 2.05) is 18.4 Å². The van der Waals surface area contributed by atoms with Crippen molar-refractivity contribution in [2.45, 2.75) is 25.8 Å². The average molecular weight is 520 g/mol. The quantitative estimate of drug-likeness (QED) is 0.251. The Morgan fingerprint density at radius 2 is 2.04 bits per heavy atom. The lowest BCUT2D eigenvalue weighted by Crippen LogP contribution is -2.46. The summed E-state index contributed by atoms with van der Waals surface area (Å²) in [5.74, 6) is 0.870. The average Bonchev–Trinajstić information content (AvgIpc) is 3.14. The van der Waals surface area contributed by atoms with Crippen LogP contribution in [-0.2, 0) is 9.47 Å². The summed E-state index contributed by atoms with van der Waals surface area (Å²) >= 11 is 1.88. The molecule has 2 aliphatic heterocycles. The first kappa shape index (κ1) is 23.6. The molecule has 1 aromatic rings. The maximum Gasteiger partial charge on any atom is 0.191 e. The fourth-order valence-corrected chi connectivity index (χ4v) is 4.49. The number of aryl methyl sites for hydroxylation is 1. The van der Waals surface area contributed by atoms with Gasteiger partial charge < -0.3 is 20.1 Å². The third kappa shape index (κ3) is 7.29. The van der Waals surface area contributed by atoms with Crippen LogP contribution in [0.1, 0.15) is 28.6 Å². The van der Waals surface area contributed by atoms with E-state index in [2.05, 4.69) is 45.7 Å². The van der Waals surface area contributed by atoms with E-state index in [4.69, 9.17) is 9.47 Å². The Balaban J connectivity index is 0.00000280. The first-order valence-corrected chi connectivity index (χ1v) is 10.7. The van der Waals surface area contributed by atoms with Crippen LogP contribution in [0.4, 0.5) is 0 Å². The van der Waals surface area contributed by atoms with Crippen molar-refractivity contribution in [3.63, 3.8) is 0 Å². The van der Waals surface area contributed by atoms with Crippen molar-refractivity contribution in [2.75, 3.05) is 59.7 Å². The van der Waals surface area contributed by atoms with Gasteiger partial charge in [-0.3, -0.25) is 9.89 Å². The van der Waals surface area contributed by atoms with E-state index in [1.54, 1.807) is 0 Å². The number of nitrogens with one attached hydrogen (secondary N) is 2. The zero-order valence-electron chi connectivity index (χ0n) is 16.9. The second-order valence-corrected chi connectivity index (χ2v) is 8.25. The molecule has 3 rings (SSSR count). The number of aliphatic imine (C=N–C) groups is 1. The van der Waals surface area contributed by atoms with E-state index in [1.165, 1.54) is 15.3 Å². The maximum absolute atomic E-state index is 5.54. The number of thiophene rings is 1. The van der Waals surface area contributed by atoms with Crippen molar-refractivity contribution in [2.24, 2.45) is 4.99 Å². The predicted octanol–water partition coefficient (Wildman–Crippen LogP) is 2.95. The third-order valence-corrected chi connectivity index (χ3v) is 6.16. The van der Waals surface area contributed by atoms with E-state index in [0.717, 1.165) is 71.4 Å². The zero-order valence-corrected chi connectivity index (χ0v) is 20.1. The molecule has 8 heteroatoms. The van der Waals surface area contributed by atoms with Crippen LogP contribution >= 0.6 is 35.3 Å². The van der Waals surface area contributed by atoms with Crippen LogP contribution in [0.3, 0.4) is 0 Å². The van der Waals surface area contributed by atoms with Crippen molar-refractivity contribution in [3.05, 3.63) is 33.5 Å². The summed E-state index contributed by atoms with van der Waals surface area (Å²) in [6.07, 6.45) is 4.29. The number of ether oxygens (including phenoxy) is 2. The maximum atomic E-state index is 5.54. The summed E-state index contributed by atoms with van der Waals surface area (Å²) in [4.78, 5) is 9.68. The van der Waals surface area contributed by atoms with E-state index >= 15 is 0 Å². The highest BCUT2D eigenvalue weighted by atomic mass is 127. The Labute approximate surface area is 189 Å². The van der Waals surface area contributed by atoms with Gasteiger partial charge in [0.2, 0.25) is 0 Å². The van der Waals surface area contributed by atoms with Gasteiger partial charge in [-0.2, -0.15) is 0 Å². The van der Waals surface area contributed by atoms with Gasteiger partial charge in [-0.25, -0.2) is 0 Å². The molecule has 0 aromatic carbocycles. The molecule has 0 amide bonds. The summed E-state index contributed by atoms with van der Waals surface area (Å²) in [5, 5.41) is 6.98. The van der Waals surface area contributed by atoms with Gasteiger partial charge in [-0.1, -0.05) is 11.6 Å². The number of morpholine rings is 1. The highest BCUT2D eigenvalue weighted by Crippen LogP contribution is 2.27. The van der Waals surface area contributed by atoms with Crippen LogP contribution < -0.4 is 10.6 Å². The minimum Gasteiger partial charge on any atom is -0.379 e. The second kappa shape index (κ2) is 12.8. The van der Waals surface area contributed by atoms with Crippen LogP contribution in [0.5, 0.6) is 0 Å². The number of hydrogen-bond donors (Lipinski definition) is 2. The second-order valence-electron chi connectivity index (χ2n) is 6.93. The molecule has 2 N–H and O–H groups in total. The van der Waals surface area contributed by atoms with Crippen molar-refractivity contribution in [1.82, 2.24) is 15.5 Å². The highest BCUT2D eigenvalue weighted by Gasteiger charge is 2.24. The molecule has 2 aliphatic rings. The number of halogens is 1. The molecule has 1 saturated heterocycles. The van der Waals surface area contributed by atoms with E-state index in [0.29, 0.717) is 6.04 Å². The summed E-state index contributed by atoms with van der Waals surface area (Å²) < 4.78 is 10.9. The summed E-state index contributed by atoms with van der Waals surface area (Å²) in [5.41, 5.74) is 1.48. The predicted molar refractivity (Wildman–Crippen MR) is 127 cm³/mol. The normalized spacial score (nSPS) is 19.5. The van der Waals surface area contributed by atoms with Gasteiger partial charge in [-0.05, 0) is 31.9 Å². The Morgan fingerprint density at radius 3 is 2.68 bits per heavy atom. The fraction of sp³-hybridized carbons (Fsp3) is 0.650. The van der Waals surface area contributed by atoms with E-state index in [-0.39, 0.29) is 24.0 Å². The summed E-state index contributed by atoms with van der Waals surface area (Å²) in [6.45, 7) is 9.09. The molecule has 6 nitrogen and oxygen atoms in total. The third-order valence-electron chi connectivity index (χ3n) is 5.06. The minimum atomic E-state index is 0. The van der Waals surface area contributed by atoms with Gasteiger partial charge in [0.25, 0.3) is 0 Å². The fourth-order valence-electron chi connectivity index (χ4n) is 3.48. The number of hydrogen-bond acceptors (Lipinski definition) is 5. The standard InChI is InChI=1S/C20H32N4O2S.HI/c1-16-3-4-19(27-16)18(24-9-13-26-14-10-24)15-23-20(21-2)22-8-5-17-6-11-25-12-7-17;/h3-4,6,18H,5,7-15H2,1-2H3,(H2,21,22,23);1H. The largest absolute Gasteiger partial charge is 0.379 e. The lowest BCUT2D eigenvalue weighted by atomic mass is 10.1. The van der Waals surface area contributed by atoms with Crippen LogP contribution in [0, 0.1) is 6.92 Å². The SMILES string of the molecule is CN=C(NCCC1=CCOCC1)NCC(c1ccc(C)s1)N1CCOCC1.I. The molecule has 1 unspecified atom stereocenters. The Kier molecular flexibility index (Phi) is 10.8. The first-order valence-electron chi connectivity index (χ1n) is 9.84. The molecular weight excluding hydrogens is 487 g/mol. The zero-order chi connectivity index (χ0) is 18.9. The molecule has 0 aliphatic carbocycles. The van der Waals surface area contributed by atoms with E-state index in [9.17, 15) is 0 Å². The van der Waals surface area contributed by atoms with Crippen molar-refractivity contribution in [1.29, 1.82) is 0 Å². The number of rotatable bonds is 7. The Bertz CT molecular complexity index is 644. The molecule has 0 saturated carbocycles. The minimum absolute atomic E-state index is 0. The van der Waals surface area contributed by atoms with Crippen LogP contribution in [0.25, 0.3) is 0 Å². The van der Waals surface area contributed by atoms with Gasteiger partial charge in [0, 0.05) is 43.0 Å². The monoisotopic (exact) mass is 520 g/mol. The highest BCUT2D eigenvalue weighted by molar-refractivity contribution is 14.0. The van der Waals surface area contributed by atoms with Crippen LogP contribution in [0.15, 0.2) is 28.8 Å². The summed E-state index contributed by atoms with van der Waals surface area (Å²) in [7, 11) is 1.84. The molecule has 1 atom stereocenters. The van der Waals surface area contributed by atoms with Gasteiger partial charge in [0.1, 0.15) is 0 Å². The molecule has 28 heavy (non-hydrogen) atoms. The lowest BCUT2D eigenvalue weighted by Gasteiger charge is -2.34. The van der Waals surface area contributed by atoms with E-state index < -0.39 is 0 Å². The van der Waals surface area contributed by atoms with Gasteiger partial charge in [-0.15, -0.1) is 35.3 Å². The van der Waals surface area contributed by atoms with Gasteiger partial charge >= 0.3 is 0 Å². The Hall–Kier alpha value is -0.680. The number of guanidine groups is 1. The molecule has 0 spiro atoms. The smallest absolute Gasteiger partial charge is 0.191 e. The van der Waals surface area contributed by atoms with Crippen molar-refractivity contribution < 1.29 is 9.47 Å². The molecule has 0 radical (unpaired) electrons. The summed E-state index contributed by atoms with van der Waals surface area (Å²) in [6, 6.07) is 4.82. The topological polar surface area (TPSA) is 58.1 Å². The first-order chi connectivity index (χ1) is 13.3. The Morgan fingerprint density at radius 1 is 1.21 bits per heavy atom. The molecule has 1 fully saturated rings. The molecule has 3 heterocycles. The van der Waals surface area contributed by atoms with Crippen molar-refractivity contribution in [3.8, 4) is 0 Å². The van der Waals surface area contributed by atoms with Gasteiger partial charge in [0.05, 0.1) is 32.5 Å². The van der Waals surface area contributed by atoms with Crippen LogP contribution in [-0.4, -0.2) is 70.5 Å². The molecule has 158 valence electrons. The molecular formula is C20H33IN4O2S. The molecule has 1 aromatic heterocycles.